The minimum atomic E-state index is -0.203. The van der Waals surface area contributed by atoms with Crippen molar-refractivity contribution in [3.63, 3.8) is 0 Å². The van der Waals surface area contributed by atoms with Gasteiger partial charge in [-0.15, -0.1) is 11.3 Å². The van der Waals surface area contributed by atoms with Crippen LogP contribution in [0.5, 0.6) is 0 Å². The molecule has 3 atom stereocenters. The summed E-state index contributed by atoms with van der Waals surface area (Å²) in [6.07, 6.45) is 2.10. The van der Waals surface area contributed by atoms with E-state index in [1.807, 2.05) is 27.7 Å². The van der Waals surface area contributed by atoms with Crippen LogP contribution < -0.4 is 10.6 Å². The molecular formula is C15H27N3OS. The number of thiazole rings is 1. The molecule has 0 radical (unpaired) electrons. The Labute approximate surface area is 126 Å². The van der Waals surface area contributed by atoms with E-state index in [4.69, 9.17) is 0 Å². The molecule has 0 bridgehead atoms. The highest BCUT2D eigenvalue weighted by Gasteiger charge is 2.20. The fourth-order valence-corrected chi connectivity index (χ4v) is 3.29. The third-order valence-electron chi connectivity index (χ3n) is 3.34. The Morgan fingerprint density at radius 2 is 1.95 bits per heavy atom. The van der Waals surface area contributed by atoms with E-state index < -0.39 is 0 Å². The highest BCUT2D eigenvalue weighted by atomic mass is 32.1. The van der Waals surface area contributed by atoms with Gasteiger partial charge in [0.25, 0.3) is 0 Å². The lowest BCUT2D eigenvalue weighted by Crippen LogP contribution is -2.46. The van der Waals surface area contributed by atoms with Crippen LogP contribution in [0.15, 0.2) is 0 Å². The number of carbonyl (C=O) groups excluding carboxylic acids is 1. The van der Waals surface area contributed by atoms with Crippen molar-refractivity contribution in [1.29, 1.82) is 0 Å². The normalized spacial score (nSPS) is 15.7. The molecule has 1 aromatic rings. The molecule has 0 aliphatic rings. The molecule has 20 heavy (non-hydrogen) atoms. The zero-order chi connectivity index (χ0) is 15.3. The molecule has 2 N–H and O–H groups in total. The number of aromatic nitrogens is 1. The van der Waals surface area contributed by atoms with E-state index in [9.17, 15) is 4.79 Å². The Hall–Kier alpha value is -0.940. The topological polar surface area (TPSA) is 54.0 Å². The summed E-state index contributed by atoms with van der Waals surface area (Å²) in [5.41, 5.74) is 1.06. The molecule has 0 aliphatic heterocycles. The SMILES string of the molecule is CCCC(C)NC(=O)C(C)NC(C)c1sc(C)nc1C. The monoisotopic (exact) mass is 297 g/mol. The zero-order valence-corrected chi connectivity index (χ0v) is 14.2. The van der Waals surface area contributed by atoms with Gasteiger partial charge in [-0.1, -0.05) is 13.3 Å². The number of carbonyl (C=O) groups is 1. The Kier molecular flexibility index (Phi) is 6.62. The summed E-state index contributed by atoms with van der Waals surface area (Å²) in [6, 6.07) is 0.175. The maximum absolute atomic E-state index is 12.1. The predicted molar refractivity (Wildman–Crippen MR) is 85.1 cm³/mol. The van der Waals surface area contributed by atoms with E-state index in [1.165, 1.54) is 4.88 Å². The van der Waals surface area contributed by atoms with E-state index in [-0.39, 0.29) is 24.0 Å². The Balaban J connectivity index is 2.54. The van der Waals surface area contributed by atoms with Crippen LogP contribution in [-0.2, 0) is 4.79 Å². The fourth-order valence-electron chi connectivity index (χ4n) is 2.35. The molecule has 1 aromatic heterocycles. The quantitative estimate of drug-likeness (QED) is 0.813. The first-order valence-electron chi connectivity index (χ1n) is 7.35. The summed E-state index contributed by atoms with van der Waals surface area (Å²) in [7, 11) is 0. The van der Waals surface area contributed by atoms with Gasteiger partial charge in [0.1, 0.15) is 0 Å². The van der Waals surface area contributed by atoms with E-state index >= 15 is 0 Å². The summed E-state index contributed by atoms with van der Waals surface area (Å²) >= 11 is 1.69. The van der Waals surface area contributed by atoms with Crippen LogP contribution in [0.4, 0.5) is 0 Å². The van der Waals surface area contributed by atoms with E-state index in [0.29, 0.717) is 0 Å². The molecule has 0 aromatic carbocycles. The van der Waals surface area contributed by atoms with Crippen molar-refractivity contribution < 1.29 is 4.79 Å². The molecule has 114 valence electrons. The van der Waals surface area contributed by atoms with Crippen molar-refractivity contribution in [2.45, 2.75) is 72.5 Å². The van der Waals surface area contributed by atoms with Crippen LogP contribution in [-0.4, -0.2) is 23.0 Å². The van der Waals surface area contributed by atoms with Gasteiger partial charge in [0.2, 0.25) is 5.91 Å². The third-order valence-corrected chi connectivity index (χ3v) is 4.59. The molecule has 4 nitrogen and oxygen atoms in total. The van der Waals surface area contributed by atoms with Gasteiger partial charge in [0.05, 0.1) is 16.7 Å². The second-order valence-corrected chi connectivity index (χ2v) is 6.73. The van der Waals surface area contributed by atoms with Gasteiger partial charge < -0.3 is 5.32 Å². The maximum Gasteiger partial charge on any atom is 0.237 e. The molecule has 3 unspecified atom stereocenters. The Bertz CT molecular complexity index is 444. The summed E-state index contributed by atoms with van der Waals surface area (Å²) in [5, 5.41) is 7.47. The molecule has 0 fully saturated rings. The largest absolute Gasteiger partial charge is 0.352 e. The average molecular weight is 297 g/mol. The molecule has 0 aliphatic carbocycles. The van der Waals surface area contributed by atoms with Gasteiger partial charge in [-0.3, -0.25) is 10.1 Å². The Morgan fingerprint density at radius 3 is 2.45 bits per heavy atom. The lowest BCUT2D eigenvalue weighted by Gasteiger charge is -2.21. The highest BCUT2D eigenvalue weighted by Crippen LogP contribution is 2.24. The number of nitrogens with one attached hydrogen (secondary N) is 2. The van der Waals surface area contributed by atoms with E-state index in [2.05, 4.69) is 29.5 Å². The van der Waals surface area contributed by atoms with Gasteiger partial charge in [-0.05, 0) is 41.0 Å². The Morgan fingerprint density at radius 1 is 1.30 bits per heavy atom. The second kappa shape index (κ2) is 7.74. The van der Waals surface area contributed by atoms with Crippen molar-refractivity contribution in [3.05, 3.63) is 15.6 Å². The molecule has 0 spiro atoms. The molecule has 0 saturated carbocycles. The van der Waals surface area contributed by atoms with Crippen LogP contribution in [0, 0.1) is 13.8 Å². The fraction of sp³-hybridized carbons (Fsp3) is 0.733. The molecule has 1 heterocycles. The third kappa shape index (κ3) is 4.87. The first-order chi connectivity index (χ1) is 9.35. The minimum absolute atomic E-state index is 0.0664. The summed E-state index contributed by atoms with van der Waals surface area (Å²) in [5.74, 6) is 0.0664. The molecule has 1 rings (SSSR count). The smallest absolute Gasteiger partial charge is 0.237 e. The number of aryl methyl sites for hydroxylation is 2. The first-order valence-corrected chi connectivity index (χ1v) is 8.17. The number of nitrogens with zero attached hydrogens (tertiary/aromatic N) is 1. The van der Waals surface area contributed by atoms with E-state index in [1.54, 1.807) is 11.3 Å². The molecular weight excluding hydrogens is 270 g/mol. The maximum atomic E-state index is 12.1. The van der Waals surface area contributed by atoms with Crippen LogP contribution in [0.3, 0.4) is 0 Å². The van der Waals surface area contributed by atoms with Crippen LogP contribution in [0.25, 0.3) is 0 Å². The van der Waals surface area contributed by atoms with Crippen LogP contribution >= 0.6 is 11.3 Å². The lowest BCUT2D eigenvalue weighted by molar-refractivity contribution is -0.123. The average Bonchev–Trinajstić information content (AvgIpc) is 2.68. The standard InChI is InChI=1S/C15H27N3OS/c1-7-8-9(2)16-15(19)12(5)17-10(3)14-11(4)18-13(6)20-14/h9-10,12,17H,7-8H2,1-6H3,(H,16,19). The van der Waals surface area contributed by atoms with E-state index in [0.717, 1.165) is 23.5 Å². The lowest BCUT2D eigenvalue weighted by atomic mass is 10.1. The van der Waals surface area contributed by atoms with Gasteiger partial charge >= 0.3 is 0 Å². The first kappa shape index (κ1) is 17.1. The number of amides is 1. The van der Waals surface area contributed by atoms with Gasteiger partial charge in [-0.2, -0.15) is 0 Å². The minimum Gasteiger partial charge on any atom is -0.352 e. The molecule has 5 heteroatoms. The molecule has 1 amide bonds. The van der Waals surface area contributed by atoms with Gasteiger partial charge in [-0.25, -0.2) is 4.98 Å². The molecule has 0 saturated heterocycles. The summed E-state index contributed by atoms with van der Waals surface area (Å²) in [4.78, 5) is 17.7. The van der Waals surface area contributed by atoms with Crippen molar-refractivity contribution in [1.82, 2.24) is 15.6 Å². The second-order valence-electron chi connectivity index (χ2n) is 5.49. The zero-order valence-electron chi connectivity index (χ0n) is 13.4. The predicted octanol–water partition coefficient (Wildman–Crippen LogP) is 3.10. The van der Waals surface area contributed by atoms with Gasteiger partial charge in [0, 0.05) is 17.0 Å². The number of hydrogen-bond acceptors (Lipinski definition) is 4. The van der Waals surface area contributed by atoms with Crippen LogP contribution in [0.1, 0.15) is 62.2 Å². The van der Waals surface area contributed by atoms with Crippen LogP contribution in [0.2, 0.25) is 0 Å². The van der Waals surface area contributed by atoms with Crippen molar-refractivity contribution in [2.75, 3.05) is 0 Å². The summed E-state index contributed by atoms with van der Waals surface area (Å²) in [6.45, 7) is 12.2. The summed E-state index contributed by atoms with van der Waals surface area (Å²) < 4.78 is 0. The number of hydrogen-bond donors (Lipinski definition) is 2. The van der Waals surface area contributed by atoms with Crippen molar-refractivity contribution in [2.24, 2.45) is 0 Å². The van der Waals surface area contributed by atoms with Crippen molar-refractivity contribution in [3.8, 4) is 0 Å². The van der Waals surface area contributed by atoms with Crippen molar-refractivity contribution >= 4 is 17.2 Å². The van der Waals surface area contributed by atoms with Gasteiger partial charge in [0.15, 0.2) is 0 Å². The number of rotatable bonds is 7. The highest BCUT2D eigenvalue weighted by molar-refractivity contribution is 7.11.